The van der Waals surface area contributed by atoms with Crippen molar-refractivity contribution in [2.75, 3.05) is 58.4 Å². The Morgan fingerprint density at radius 1 is 0.967 bits per heavy atom. The van der Waals surface area contributed by atoms with Gasteiger partial charge in [0, 0.05) is 42.4 Å². The van der Waals surface area contributed by atoms with E-state index in [0.29, 0.717) is 59.4 Å². The van der Waals surface area contributed by atoms with Crippen LogP contribution >= 0.6 is 0 Å². The molecule has 1 saturated heterocycles. The molecule has 2 N–H and O–H groups in total. The quantitative estimate of drug-likeness (QED) is 0.570. The van der Waals surface area contributed by atoms with Crippen molar-refractivity contribution in [2.24, 2.45) is 0 Å². The summed E-state index contributed by atoms with van der Waals surface area (Å²) in [6, 6.07) is 7.31. The minimum Gasteiger partial charge on any atom is -0.493 e. The van der Waals surface area contributed by atoms with Crippen LogP contribution in [0.1, 0.15) is 29.8 Å². The second kappa shape index (κ2) is 8.93. The van der Waals surface area contributed by atoms with Crippen molar-refractivity contribution in [3.8, 4) is 28.4 Å². The van der Waals surface area contributed by atoms with Crippen molar-refractivity contribution in [1.29, 1.82) is 0 Å². The van der Waals surface area contributed by atoms with Gasteiger partial charge in [0.15, 0.2) is 5.78 Å². The number of morpholine rings is 1. The second-order valence-corrected chi connectivity index (χ2v) is 7.21. The van der Waals surface area contributed by atoms with E-state index < -0.39 is 0 Å². The Kier molecular flexibility index (Phi) is 6.11. The number of nitrogens with zero attached hydrogens (tertiary/aromatic N) is 1. The van der Waals surface area contributed by atoms with Gasteiger partial charge in [0.1, 0.15) is 23.9 Å². The van der Waals surface area contributed by atoms with Gasteiger partial charge >= 0.3 is 0 Å². The van der Waals surface area contributed by atoms with E-state index in [-0.39, 0.29) is 5.78 Å². The van der Waals surface area contributed by atoms with Crippen LogP contribution in [0.4, 0.5) is 5.69 Å². The van der Waals surface area contributed by atoms with Gasteiger partial charge in [0.05, 0.1) is 37.7 Å². The van der Waals surface area contributed by atoms with Gasteiger partial charge in [-0.05, 0) is 19.9 Å². The van der Waals surface area contributed by atoms with Crippen LogP contribution < -0.4 is 19.9 Å². The molecule has 1 heterocycles. The second-order valence-electron chi connectivity index (χ2n) is 7.21. The lowest BCUT2D eigenvalue weighted by molar-refractivity contribution is 0.0323. The molecule has 0 atom stereocenters. The van der Waals surface area contributed by atoms with Crippen LogP contribution in [0.2, 0.25) is 0 Å². The van der Waals surface area contributed by atoms with E-state index >= 15 is 0 Å². The topological polar surface area (TPSA) is 83.2 Å². The molecule has 0 spiro atoms. The van der Waals surface area contributed by atoms with E-state index in [0.717, 1.165) is 38.4 Å². The first-order valence-corrected chi connectivity index (χ1v) is 10.5. The number of ketones is 1. The third kappa shape index (κ3) is 3.70. The summed E-state index contributed by atoms with van der Waals surface area (Å²) in [5.74, 6) is 1.59. The fraction of sp³-hybridized carbons (Fsp3) is 0.435. The highest BCUT2D eigenvalue weighted by Crippen LogP contribution is 2.51. The van der Waals surface area contributed by atoms with Crippen LogP contribution in [0, 0.1) is 0 Å². The number of hydrogen-bond donors (Lipinski definition) is 1. The number of anilines is 1. The number of rotatable bonds is 8. The molecule has 0 saturated carbocycles. The molecule has 0 aromatic heterocycles. The fourth-order valence-corrected chi connectivity index (χ4v) is 4.02. The van der Waals surface area contributed by atoms with E-state index in [1.54, 1.807) is 6.07 Å². The van der Waals surface area contributed by atoms with Crippen LogP contribution in [0.25, 0.3) is 11.1 Å². The van der Waals surface area contributed by atoms with Crippen molar-refractivity contribution in [3.05, 3.63) is 35.4 Å². The van der Waals surface area contributed by atoms with Crippen LogP contribution in [0.3, 0.4) is 0 Å². The Morgan fingerprint density at radius 3 is 2.43 bits per heavy atom. The van der Waals surface area contributed by atoms with E-state index in [9.17, 15) is 4.79 Å². The van der Waals surface area contributed by atoms with Gasteiger partial charge in [-0.1, -0.05) is 12.1 Å². The first-order valence-electron chi connectivity index (χ1n) is 10.5. The van der Waals surface area contributed by atoms with Gasteiger partial charge in [-0.15, -0.1) is 0 Å². The van der Waals surface area contributed by atoms with Gasteiger partial charge in [-0.3, -0.25) is 9.69 Å². The molecule has 1 fully saturated rings. The summed E-state index contributed by atoms with van der Waals surface area (Å²) in [6.07, 6.45) is 0. The summed E-state index contributed by atoms with van der Waals surface area (Å²) >= 11 is 0. The number of carbonyl (C=O) groups is 1. The first-order chi connectivity index (χ1) is 14.7. The maximum absolute atomic E-state index is 13.2. The Hall–Kier alpha value is -2.77. The highest BCUT2D eigenvalue weighted by atomic mass is 16.5. The Morgan fingerprint density at radius 2 is 1.70 bits per heavy atom. The maximum Gasteiger partial charge on any atom is 0.196 e. The minimum atomic E-state index is -0.126. The Labute approximate surface area is 176 Å². The van der Waals surface area contributed by atoms with Crippen LogP contribution in [0.15, 0.2) is 24.3 Å². The van der Waals surface area contributed by atoms with Gasteiger partial charge in [0.25, 0.3) is 0 Å². The standard InChI is InChI=1S/C23H28N2O5/c1-3-28-17-14-18(29-4-2)22(24)21-20(17)19-15(23(21)26)6-5-7-16(19)30-13-10-25-8-11-27-12-9-25/h5-7,14H,3-4,8-13,24H2,1-2H3. The molecule has 7 heteroatoms. The maximum atomic E-state index is 13.2. The van der Waals surface area contributed by atoms with Gasteiger partial charge in [0.2, 0.25) is 0 Å². The van der Waals surface area contributed by atoms with E-state index in [1.807, 2.05) is 32.0 Å². The third-order valence-electron chi connectivity index (χ3n) is 5.41. The number of ether oxygens (including phenoxy) is 4. The zero-order valence-corrected chi connectivity index (χ0v) is 17.5. The van der Waals surface area contributed by atoms with Crippen molar-refractivity contribution < 1.29 is 23.7 Å². The monoisotopic (exact) mass is 412 g/mol. The number of hydrogen-bond acceptors (Lipinski definition) is 7. The molecule has 0 radical (unpaired) electrons. The Bertz CT molecular complexity index is 938. The molecular formula is C23H28N2O5. The van der Waals surface area contributed by atoms with Crippen LogP contribution in [0.5, 0.6) is 17.2 Å². The normalized spacial score (nSPS) is 15.6. The van der Waals surface area contributed by atoms with E-state index in [1.165, 1.54) is 0 Å². The lowest BCUT2D eigenvalue weighted by Crippen LogP contribution is -2.38. The largest absolute Gasteiger partial charge is 0.493 e. The molecule has 1 aliphatic carbocycles. The van der Waals surface area contributed by atoms with E-state index in [2.05, 4.69) is 4.90 Å². The Balaban J connectivity index is 1.69. The van der Waals surface area contributed by atoms with Crippen molar-refractivity contribution >= 4 is 11.5 Å². The molecule has 0 unspecified atom stereocenters. The molecule has 0 amide bonds. The fourth-order valence-electron chi connectivity index (χ4n) is 4.02. The average Bonchev–Trinajstić information content (AvgIpc) is 3.06. The molecule has 30 heavy (non-hydrogen) atoms. The van der Waals surface area contributed by atoms with Crippen molar-refractivity contribution in [3.63, 3.8) is 0 Å². The summed E-state index contributed by atoms with van der Waals surface area (Å²) in [5.41, 5.74) is 9.14. The number of carbonyl (C=O) groups excluding carboxylic acids is 1. The summed E-state index contributed by atoms with van der Waals surface area (Å²) in [6.45, 7) is 9.34. The average molecular weight is 412 g/mol. The van der Waals surface area contributed by atoms with Crippen LogP contribution in [-0.2, 0) is 4.74 Å². The summed E-state index contributed by atoms with van der Waals surface area (Å²) in [4.78, 5) is 15.5. The predicted molar refractivity (Wildman–Crippen MR) is 115 cm³/mol. The molecule has 160 valence electrons. The predicted octanol–water partition coefficient (Wildman–Crippen LogP) is 2.99. The molecule has 2 aromatic rings. The molecule has 4 rings (SSSR count). The number of fused-ring (bicyclic) bond motifs is 3. The number of benzene rings is 2. The third-order valence-corrected chi connectivity index (χ3v) is 5.41. The summed E-state index contributed by atoms with van der Waals surface area (Å²) in [5, 5.41) is 0. The molecular weight excluding hydrogens is 384 g/mol. The molecule has 2 aromatic carbocycles. The van der Waals surface area contributed by atoms with Gasteiger partial charge < -0.3 is 24.7 Å². The number of nitrogens with two attached hydrogens (primary N) is 1. The molecule has 7 nitrogen and oxygen atoms in total. The van der Waals surface area contributed by atoms with Crippen molar-refractivity contribution in [1.82, 2.24) is 4.90 Å². The van der Waals surface area contributed by atoms with Crippen LogP contribution in [-0.4, -0.2) is 63.4 Å². The smallest absolute Gasteiger partial charge is 0.196 e. The summed E-state index contributed by atoms with van der Waals surface area (Å²) < 4.78 is 23.1. The highest BCUT2D eigenvalue weighted by Gasteiger charge is 2.36. The number of nitrogen functional groups attached to an aromatic ring is 1. The zero-order valence-electron chi connectivity index (χ0n) is 17.5. The SMILES string of the molecule is CCOc1cc(OCC)c2c(c1N)C(=O)c1cccc(OCCN3CCOCC3)c1-2. The molecule has 1 aliphatic heterocycles. The molecule has 2 aliphatic rings. The zero-order chi connectivity index (χ0) is 21.1. The lowest BCUT2D eigenvalue weighted by Gasteiger charge is -2.26. The van der Waals surface area contributed by atoms with Gasteiger partial charge in [-0.25, -0.2) is 0 Å². The minimum absolute atomic E-state index is 0.126. The molecule has 0 bridgehead atoms. The lowest BCUT2D eigenvalue weighted by atomic mass is 10.0. The first kappa shape index (κ1) is 20.5. The van der Waals surface area contributed by atoms with Gasteiger partial charge in [-0.2, -0.15) is 0 Å². The van der Waals surface area contributed by atoms with Crippen molar-refractivity contribution in [2.45, 2.75) is 13.8 Å². The summed E-state index contributed by atoms with van der Waals surface area (Å²) in [7, 11) is 0. The highest BCUT2D eigenvalue weighted by molar-refractivity contribution is 6.26. The van der Waals surface area contributed by atoms with E-state index in [4.69, 9.17) is 24.7 Å².